The molecule has 2 saturated heterocycles. The molecule has 2 aromatic carbocycles. The average molecular weight is 689 g/mol. The van der Waals surface area contributed by atoms with Crippen molar-refractivity contribution in [1.29, 1.82) is 0 Å². The molecule has 2 amide bonds. The lowest BCUT2D eigenvalue weighted by Crippen LogP contribution is -2.56. The number of carbonyl (C=O) groups excluding carboxylic acids is 2. The first kappa shape index (κ1) is 33.4. The van der Waals surface area contributed by atoms with Gasteiger partial charge in [-0.1, -0.05) is 30.7 Å². The van der Waals surface area contributed by atoms with E-state index in [1.165, 1.54) is 0 Å². The largest absolute Gasteiger partial charge is 0.359 e. The molecule has 4 heterocycles. The quantitative estimate of drug-likeness (QED) is 0.196. The van der Waals surface area contributed by atoms with E-state index in [-0.39, 0.29) is 62.7 Å². The van der Waals surface area contributed by atoms with Crippen molar-refractivity contribution in [1.82, 2.24) is 20.4 Å². The van der Waals surface area contributed by atoms with Crippen molar-refractivity contribution < 1.29 is 27.2 Å². The van der Waals surface area contributed by atoms with Gasteiger partial charge in [0.15, 0.2) is 11.6 Å². The van der Waals surface area contributed by atoms with Crippen molar-refractivity contribution in [3.8, 4) is 0 Å². The highest BCUT2D eigenvalue weighted by atomic mass is 19.3. The van der Waals surface area contributed by atoms with Gasteiger partial charge in [0, 0.05) is 23.2 Å². The Morgan fingerprint density at radius 3 is 1.34 bits per heavy atom. The van der Waals surface area contributed by atoms with Crippen LogP contribution in [0.4, 0.5) is 40.6 Å². The number of anilines is 4. The van der Waals surface area contributed by atoms with Gasteiger partial charge in [-0.15, -0.1) is 10.2 Å². The number of amides is 2. The van der Waals surface area contributed by atoms with Crippen molar-refractivity contribution in [2.45, 2.75) is 62.2 Å². The molecule has 2 atom stereocenters. The summed E-state index contributed by atoms with van der Waals surface area (Å²) in [6, 6.07) is 21.3. The van der Waals surface area contributed by atoms with Gasteiger partial charge in [-0.25, -0.2) is 17.6 Å². The van der Waals surface area contributed by atoms with Gasteiger partial charge in [-0.2, -0.15) is 10.2 Å². The van der Waals surface area contributed by atoms with Crippen LogP contribution in [-0.2, 0) is 22.4 Å². The molecule has 2 N–H and O–H groups in total. The molecule has 3 fully saturated rings. The normalized spacial score (nSPS) is 20.7. The van der Waals surface area contributed by atoms with Crippen LogP contribution in [0.15, 0.2) is 72.8 Å². The Morgan fingerprint density at radius 1 is 0.600 bits per heavy atom. The van der Waals surface area contributed by atoms with Crippen LogP contribution in [0, 0.1) is 0 Å². The number of rotatable bonds is 10. The predicted molar refractivity (Wildman–Crippen MR) is 180 cm³/mol. The van der Waals surface area contributed by atoms with E-state index in [2.05, 4.69) is 31.0 Å². The standard InChI is InChI=1S/C36H36F4N8O2/c37-35(38)19-47(20-35)27-8-4-23(5-9-27)16-33(49)41-31-14-12-29(43-45-31)25-2-1-3-26(18-25)30-13-15-32(46-44-30)42-34(50)17-24-6-10-28(11-7-24)48-21-36(39,40)22-48/h4-15,25-26H,1-3,16-22H2,(H,41,45,49)(H,42,46,50)/t25-,26-/m0/s1. The zero-order chi connectivity index (χ0) is 34.9. The van der Waals surface area contributed by atoms with Gasteiger partial charge < -0.3 is 20.4 Å². The van der Waals surface area contributed by atoms with Gasteiger partial charge in [-0.05, 0) is 78.9 Å². The molecule has 0 spiro atoms. The van der Waals surface area contributed by atoms with Crippen molar-refractivity contribution in [2.24, 2.45) is 0 Å². The second kappa shape index (κ2) is 13.6. The van der Waals surface area contributed by atoms with Gasteiger partial charge in [0.1, 0.15) is 0 Å². The predicted octanol–water partition coefficient (Wildman–Crippen LogP) is 5.98. The second-order valence-corrected chi connectivity index (χ2v) is 13.5. The van der Waals surface area contributed by atoms with Crippen LogP contribution in [0.5, 0.6) is 0 Å². The molecule has 0 bridgehead atoms. The van der Waals surface area contributed by atoms with E-state index >= 15 is 0 Å². The number of hydrogen-bond donors (Lipinski definition) is 2. The monoisotopic (exact) mass is 688 g/mol. The Hall–Kier alpha value is -5.14. The average Bonchev–Trinajstić information content (AvgIpc) is 3.07. The van der Waals surface area contributed by atoms with Crippen molar-refractivity contribution >= 4 is 34.8 Å². The third kappa shape index (κ3) is 8.01. The molecule has 7 rings (SSSR count). The smallest absolute Gasteiger partial charge is 0.282 e. The maximum absolute atomic E-state index is 13.1. The van der Waals surface area contributed by atoms with Crippen LogP contribution in [0.25, 0.3) is 0 Å². The fraction of sp³-hybridized carbons (Fsp3) is 0.389. The van der Waals surface area contributed by atoms with Crippen molar-refractivity contribution in [3.05, 3.63) is 95.3 Å². The van der Waals surface area contributed by atoms with Crippen LogP contribution < -0.4 is 20.4 Å². The third-order valence-electron chi connectivity index (χ3n) is 9.44. The summed E-state index contributed by atoms with van der Waals surface area (Å²) in [4.78, 5) is 28.4. The van der Waals surface area contributed by atoms with Gasteiger partial charge in [0.05, 0.1) is 50.4 Å². The summed E-state index contributed by atoms with van der Waals surface area (Å²) >= 11 is 0. The molecule has 1 aliphatic carbocycles. The van der Waals surface area contributed by atoms with Crippen LogP contribution in [0.2, 0.25) is 0 Å². The topological polar surface area (TPSA) is 116 Å². The molecule has 260 valence electrons. The molecule has 2 aliphatic heterocycles. The highest BCUT2D eigenvalue weighted by molar-refractivity contribution is 5.92. The van der Waals surface area contributed by atoms with Gasteiger partial charge in [0.25, 0.3) is 11.8 Å². The minimum atomic E-state index is -2.64. The highest BCUT2D eigenvalue weighted by Crippen LogP contribution is 2.40. The lowest BCUT2D eigenvalue weighted by Gasteiger charge is -2.40. The maximum atomic E-state index is 13.1. The summed E-state index contributed by atoms with van der Waals surface area (Å²) in [5, 5.41) is 22.8. The first-order valence-corrected chi connectivity index (χ1v) is 16.7. The van der Waals surface area contributed by atoms with Gasteiger partial charge in [0.2, 0.25) is 11.8 Å². The summed E-state index contributed by atoms with van der Waals surface area (Å²) in [6.07, 6.45) is 3.94. The Bertz CT molecular complexity index is 1670. The number of nitrogens with one attached hydrogen (secondary N) is 2. The van der Waals surface area contributed by atoms with E-state index in [1.807, 2.05) is 12.1 Å². The second-order valence-electron chi connectivity index (χ2n) is 13.5. The fourth-order valence-corrected chi connectivity index (χ4v) is 6.76. The van der Waals surface area contributed by atoms with E-state index in [0.717, 1.165) is 48.2 Å². The Labute approximate surface area is 286 Å². The molecule has 3 aliphatic rings. The summed E-state index contributed by atoms with van der Waals surface area (Å²) < 4.78 is 52.6. The number of aromatic nitrogens is 4. The summed E-state index contributed by atoms with van der Waals surface area (Å²) in [5.74, 6) is -4.74. The van der Waals surface area contributed by atoms with E-state index in [0.29, 0.717) is 23.0 Å². The van der Waals surface area contributed by atoms with Crippen LogP contribution >= 0.6 is 0 Å². The number of alkyl halides is 4. The fourth-order valence-electron chi connectivity index (χ4n) is 6.76. The number of nitrogens with zero attached hydrogens (tertiary/aromatic N) is 6. The van der Waals surface area contributed by atoms with E-state index in [4.69, 9.17) is 0 Å². The summed E-state index contributed by atoms with van der Waals surface area (Å²) in [5.41, 5.74) is 4.62. The Kier molecular flexibility index (Phi) is 9.10. The molecular weight excluding hydrogens is 652 g/mol. The third-order valence-corrected chi connectivity index (χ3v) is 9.44. The zero-order valence-corrected chi connectivity index (χ0v) is 27.2. The number of carbonyl (C=O) groups is 2. The Balaban J connectivity index is 0.866. The van der Waals surface area contributed by atoms with E-state index < -0.39 is 11.8 Å². The summed E-state index contributed by atoms with van der Waals surface area (Å²) in [7, 11) is 0. The SMILES string of the molecule is O=C(Cc1ccc(N2CC(F)(F)C2)cc1)Nc1ccc([C@H]2CCC[C@H](c3ccc(NC(=O)Cc4ccc(N5CC(F)(F)C5)cc4)nn3)C2)nn1. The molecule has 14 heteroatoms. The maximum Gasteiger partial charge on any atom is 0.282 e. The minimum absolute atomic E-state index is 0.119. The molecule has 0 radical (unpaired) electrons. The number of hydrogen-bond acceptors (Lipinski definition) is 8. The molecule has 1 saturated carbocycles. The minimum Gasteiger partial charge on any atom is -0.359 e. The van der Waals surface area contributed by atoms with E-state index in [9.17, 15) is 27.2 Å². The molecular formula is C36H36F4N8O2. The van der Waals surface area contributed by atoms with Crippen LogP contribution in [0.1, 0.15) is 60.0 Å². The molecule has 10 nitrogen and oxygen atoms in total. The highest BCUT2D eigenvalue weighted by Gasteiger charge is 2.44. The zero-order valence-electron chi connectivity index (χ0n) is 27.2. The number of halogens is 4. The van der Waals surface area contributed by atoms with Crippen molar-refractivity contribution in [3.63, 3.8) is 0 Å². The van der Waals surface area contributed by atoms with Crippen LogP contribution in [-0.4, -0.2) is 70.2 Å². The van der Waals surface area contributed by atoms with Gasteiger partial charge in [-0.3, -0.25) is 9.59 Å². The first-order valence-electron chi connectivity index (χ1n) is 16.7. The van der Waals surface area contributed by atoms with Gasteiger partial charge >= 0.3 is 0 Å². The first-order chi connectivity index (χ1) is 24.0. The summed E-state index contributed by atoms with van der Waals surface area (Å²) in [6.45, 7) is -1.16. The molecule has 2 aromatic heterocycles. The Morgan fingerprint density at radius 2 is 1.00 bits per heavy atom. The lowest BCUT2D eigenvalue weighted by atomic mass is 9.78. The van der Waals surface area contributed by atoms with E-state index in [1.54, 1.807) is 70.5 Å². The molecule has 4 aromatic rings. The molecule has 50 heavy (non-hydrogen) atoms. The van der Waals surface area contributed by atoms with Crippen LogP contribution in [0.3, 0.4) is 0 Å². The number of benzene rings is 2. The van der Waals surface area contributed by atoms with Crippen molar-refractivity contribution in [2.75, 3.05) is 46.6 Å². The lowest BCUT2D eigenvalue weighted by molar-refractivity contribution is -0.116. The molecule has 0 unspecified atom stereocenters.